The third-order valence-corrected chi connectivity index (χ3v) is 5.84. The largest absolute Gasteiger partial charge is 0.370 e. The van der Waals surface area contributed by atoms with E-state index in [1.165, 1.54) is 19.3 Å². The summed E-state index contributed by atoms with van der Waals surface area (Å²) < 4.78 is 1.58. The third kappa shape index (κ3) is 5.14. The van der Waals surface area contributed by atoms with Crippen LogP contribution in [-0.2, 0) is 0 Å². The standard InChI is InChI=1S/C23H31N7O/c1-15-13-18-14-30(23(31)29-21(18)27-15)20-9-7-17(8-10-20)16(2)25-11-4-12-26-22(24)28-19-5-3-6-19/h7-10,13-14,16,19,25H,3-6,11-12H2,1-2H3,(H3,24,26,28)(H,27,29,31)/t16-/m0/s1. The first-order chi connectivity index (χ1) is 15.0. The second-order valence-electron chi connectivity index (χ2n) is 8.31. The van der Waals surface area contributed by atoms with Crippen molar-refractivity contribution in [1.29, 1.82) is 0 Å². The predicted molar refractivity (Wildman–Crippen MR) is 125 cm³/mol. The van der Waals surface area contributed by atoms with Gasteiger partial charge in [0.15, 0.2) is 5.96 Å². The number of nitrogens with two attached hydrogens (primary N) is 1. The highest BCUT2D eigenvalue weighted by Crippen LogP contribution is 2.18. The lowest BCUT2D eigenvalue weighted by Gasteiger charge is -2.26. The maximum absolute atomic E-state index is 12.4. The second-order valence-corrected chi connectivity index (χ2v) is 8.31. The third-order valence-electron chi connectivity index (χ3n) is 5.84. The normalized spacial score (nSPS) is 15.7. The van der Waals surface area contributed by atoms with Crippen molar-refractivity contribution in [1.82, 2.24) is 25.2 Å². The van der Waals surface area contributed by atoms with Crippen molar-refractivity contribution in [3.63, 3.8) is 0 Å². The lowest BCUT2D eigenvalue weighted by Crippen LogP contribution is -2.43. The van der Waals surface area contributed by atoms with Crippen LogP contribution >= 0.6 is 0 Å². The molecule has 1 aliphatic rings. The number of benzene rings is 1. The Labute approximate surface area is 182 Å². The fraction of sp³-hybridized carbons (Fsp3) is 0.435. The molecule has 0 radical (unpaired) electrons. The van der Waals surface area contributed by atoms with Gasteiger partial charge in [0.25, 0.3) is 0 Å². The molecule has 31 heavy (non-hydrogen) atoms. The van der Waals surface area contributed by atoms with E-state index >= 15 is 0 Å². The predicted octanol–water partition coefficient (Wildman–Crippen LogP) is 2.52. The number of nitrogens with zero attached hydrogens (tertiary/aromatic N) is 3. The number of rotatable bonds is 8. The molecule has 1 aliphatic carbocycles. The van der Waals surface area contributed by atoms with E-state index in [0.29, 0.717) is 24.2 Å². The molecule has 1 aromatic carbocycles. The minimum atomic E-state index is -0.292. The highest BCUT2D eigenvalue weighted by molar-refractivity contribution is 5.78. The smallest absolute Gasteiger partial charge is 0.354 e. The van der Waals surface area contributed by atoms with Gasteiger partial charge in [0, 0.05) is 35.9 Å². The van der Waals surface area contributed by atoms with E-state index in [1.54, 1.807) is 4.57 Å². The fourth-order valence-corrected chi connectivity index (χ4v) is 3.76. The molecule has 4 rings (SSSR count). The molecule has 2 aromatic heterocycles. The zero-order chi connectivity index (χ0) is 21.8. The average molecular weight is 422 g/mol. The molecule has 0 spiro atoms. The van der Waals surface area contributed by atoms with Crippen LogP contribution in [0.3, 0.4) is 0 Å². The molecule has 2 heterocycles. The first-order valence-electron chi connectivity index (χ1n) is 11.0. The molecule has 164 valence electrons. The Kier molecular flexibility index (Phi) is 6.36. The van der Waals surface area contributed by atoms with Gasteiger partial charge < -0.3 is 21.4 Å². The van der Waals surface area contributed by atoms with Crippen molar-refractivity contribution in [2.45, 2.75) is 51.6 Å². The molecule has 0 bridgehead atoms. The molecule has 1 saturated carbocycles. The summed E-state index contributed by atoms with van der Waals surface area (Å²) in [5, 5.41) is 7.69. The number of H-pyrrole nitrogens is 1. The van der Waals surface area contributed by atoms with Crippen molar-refractivity contribution in [3.8, 4) is 5.69 Å². The Hall–Kier alpha value is -3.13. The minimum absolute atomic E-state index is 0.202. The van der Waals surface area contributed by atoms with Crippen LogP contribution in [0.2, 0.25) is 0 Å². The zero-order valence-corrected chi connectivity index (χ0v) is 18.2. The summed E-state index contributed by atoms with van der Waals surface area (Å²) in [6.07, 6.45) is 6.42. The summed E-state index contributed by atoms with van der Waals surface area (Å²) in [5.41, 5.74) is 9.19. The number of aromatic nitrogens is 3. The van der Waals surface area contributed by atoms with Crippen molar-refractivity contribution >= 4 is 17.0 Å². The van der Waals surface area contributed by atoms with E-state index in [9.17, 15) is 4.79 Å². The van der Waals surface area contributed by atoms with Crippen LogP contribution in [0.5, 0.6) is 0 Å². The number of nitrogens with one attached hydrogen (secondary N) is 3. The van der Waals surface area contributed by atoms with Gasteiger partial charge in [-0.05, 0) is 69.8 Å². The molecule has 0 amide bonds. The van der Waals surface area contributed by atoms with Crippen molar-refractivity contribution in [2.75, 3.05) is 13.1 Å². The molecular formula is C23H31N7O. The van der Waals surface area contributed by atoms with E-state index in [2.05, 4.69) is 32.5 Å². The fourth-order valence-electron chi connectivity index (χ4n) is 3.76. The maximum Gasteiger partial charge on any atom is 0.354 e. The number of aromatic amines is 1. The summed E-state index contributed by atoms with van der Waals surface area (Å²) in [4.78, 5) is 24.0. The number of guanidine groups is 1. The molecule has 1 fully saturated rings. The lowest BCUT2D eigenvalue weighted by atomic mass is 9.93. The number of hydrogen-bond acceptors (Lipinski definition) is 4. The number of hydrogen-bond donors (Lipinski definition) is 4. The number of aryl methyl sites for hydroxylation is 1. The molecule has 0 saturated heterocycles. The van der Waals surface area contributed by atoms with Crippen LogP contribution in [0.15, 0.2) is 46.3 Å². The van der Waals surface area contributed by atoms with Gasteiger partial charge in [-0.2, -0.15) is 4.98 Å². The first kappa shape index (κ1) is 21.1. The Bertz CT molecular complexity index is 1110. The van der Waals surface area contributed by atoms with Crippen LogP contribution in [0.25, 0.3) is 16.7 Å². The molecular weight excluding hydrogens is 390 g/mol. The maximum atomic E-state index is 12.4. The summed E-state index contributed by atoms with van der Waals surface area (Å²) in [6, 6.07) is 10.7. The van der Waals surface area contributed by atoms with Gasteiger partial charge in [-0.3, -0.25) is 9.56 Å². The van der Waals surface area contributed by atoms with Crippen LogP contribution in [0, 0.1) is 6.92 Å². The molecule has 0 aliphatic heterocycles. The highest BCUT2D eigenvalue weighted by Gasteiger charge is 2.17. The number of aliphatic imine (C=N–C) groups is 1. The molecule has 8 heteroatoms. The molecule has 0 unspecified atom stereocenters. The Morgan fingerprint density at radius 2 is 2.13 bits per heavy atom. The monoisotopic (exact) mass is 421 g/mol. The molecule has 5 N–H and O–H groups in total. The van der Waals surface area contributed by atoms with Gasteiger partial charge in [-0.25, -0.2) is 4.79 Å². The van der Waals surface area contributed by atoms with Crippen LogP contribution in [0.1, 0.15) is 49.9 Å². The zero-order valence-electron chi connectivity index (χ0n) is 18.2. The van der Waals surface area contributed by atoms with E-state index in [1.807, 2.05) is 43.5 Å². The summed E-state index contributed by atoms with van der Waals surface area (Å²) in [5.74, 6) is 0.561. The van der Waals surface area contributed by atoms with Crippen LogP contribution < -0.4 is 22.1 Å². The lowest BCUT2D eigenvalue weighted by molar-refractivity contribution is 0.382. The topological polar surface area (TPSA) is 113 Å². The van der Waals surface area contributed by atoms with Crippen molar-refractivity contribution < 1.29 is 0 Å². The SMILES string of the molecule is Cc1cc2cn(-c3ccc([C@H](C)NCCCN=C(N)NC4CCC4)cc3)c(=O)nc2[nH]1. The van der Waals surface area contributed by atoms with E-state index < -0.39 is 0 Å². The summed E-state index contributed by atoms with van der Waals surface area (Å²) in [7, 11) is 0. The van der Waals surface area contributed by atoms with Gasteiger partial charge in [0.2, 0.25) is 0 Å². The number of fused-ring (bicyclic) bond motifs is 1. The Morgan fingerprint density at radius 1 is 1.35 bits per heavy atom. The first-order valence-corrected chi connectivity index (χ1v) is 11.0. The Morgan fingerprint density at radius 3 is 2.84 bits per heavy atom. The molecule has 1 atom stereocenters. The highest BCUT2D eigenvalue weighted by atomic mass is 16.1. The van der Waals surface area contributed by atoms with Crippen LogP contribution in [0.4, 0.5) is 0 Å². The summed E-state index contributed by atoms with van der Waals surface area (Å²) >= 11 is 0. The van der Waals surface area contributed by atoms with E-state index in [4.69, 9.17) is 5.73 Å². The van der Waals surface area contributed by atoms with E-state index in [-0.39, 0.29) is 11.7 Å². The Balaban J connectivity index is 1.30. The van der Waals surface area contributed by atoms with Gasteiger partial charge >= 0.3 is 5.69 Å². The van der Waals surface area contributed by atoms with Crippen molar-refractivity contribution in [2.24, 2.45) is 10.7 Å². The average Bonchev–Trinajstić information content (AvgIpc) is 3.08. The quantitative estimate of drug-likeness (QED) is 0.254. The molecule has 8 nitrogen and oxygen atoms in total. The van der Waals surface area contributed by atoms with Crippen LogP contribution in [-0.4, -0.2) is 39.6 Å². The molecule has 3 aromatic rings. The van der Waals surface area contributed by atoms with Gasteiger partial charge in [-0.15, -0.1) is 0 Å². The summed E-state index contributed by atoms with van der Waals surface area (Å²) in [6.45, 7) is 5.65. The second kappa shape index (κ2) is 9.34. The van der Waals surface area contributed by atoms with Gasteiger partial charge in [-0.1, -0.05) is 12.1 Å². The van der Waals surface area contributed by atoms with Gasteiger partial charge in [0.1, 0.15) is 5.65 Å². The minimum Gasteiger partial charge on any atom is -0.370 e. The van der Waals surface area contributed by atoms with Gasteiger partial charge in [0.05, 0.1) is 5.69 Å². The van der Waals surface area contributed by atoms with Crippen molar-refractivity contribution in [3.05, 3.63) is 58.3 Å². The van der Waals surface area contributed by atoms with E-state index in [0.717, 1.165) is 35.3 Å².